The van der Waals surface area contributed by atoms with Gasteiger partial charge in [0.15, 0.2) is 0 Å². The topological polar surface area (TPSA) is 75.2 Å². The maximum absolute atomic E-state index is 14.0. The Labute approximate surface area is 159 Å². The Morgan fingerprint density at radius 2 is 2.04 bits per heavy atom. The van der Waals surface area contributed by atoms with Crippen LogP contribution in [0.3, 0.4) is 0 Å². The lowest BCUT2D eigenvalue weighted by molar-refractivity contribution is 0.0795. The summed E-state index contributed by atoms with van der Waals surface area (Å²) in [5.74, 6) is -1.33. The zero-order chi connectivity index (χ0) is 19.2. The number of hydrogen-bond acceptors (Lipinski definition) is 5. The van der Waals surface area contributed by atoms with Gasteiger partial charge in [0.1, 0.15) is 10.7 Å². The van der Waals surface area contributed by atoms with Crippen LogP contribution in [0.5, 0.6) is 0 Å². The summed E-state index contributed by atoms with van der Waals surface area (Å²) in [5, 5.41) is 2.59. The number of halogens is 1. The molecule has 27 heavy (non-hydrogen) atoms. The Bertz CT molecular complexity index is 932. The molecule has 0 spiro atoms. The summed E-state index contributed by atoms with van der Waals surface area (Å²) in [5.41, 5.74) is 1.25. The van der Waals surface area contributed by atoms with Gasteiger partial charge in [0.25, 0.3) is 11.8 Å². The third-order valence-corrected chi connectivity index (χ3v) is 4.59. The van der Waals surface area contributed by atoms with Crippen LogP contribution in [-0.2, 0) is 6.42 Å². The van der Waals surface area contributed by atoms with Crippen LogP contribution in [0.25, 0.3) is 0 Å². The van der Waals surface area contributed by atoms with E-state index in [1.807, 2.05) is 18.2 Å². The summed E-state index contributed by atoms with van der Waals surface area (Å²) < 4.78 is 17.8. The smallest absolute Gasteiger partial charge is 0.267 e. The van der Waals surface area contributed by atoms with Crippen molar-refractivity contribution >= 4 is 29.0 Å². The Kier molecular flexibility index (Phi) is 5.87. The molecular formula is C19H17FN4O2S. The third kappa shape index (κ3) is 4.95. The van der Waals surface area contributed by atoms with E-state index in [0.29, 0.717) is 17.8 Å². The molecule has 0 saturated heterocycles. The number of carbonyl (C=O) groups is 2. The minimum atomic E-state index is -0.599. The first kappa shape index (κ1) is 18.7. The number of aromatic nitrogens is 2. The van der Waals surface area contributed by atoms with Crippen molar-refractivity contribution in [3.8, 4) is 0 Å². The lowest BCUT2D eigenvalue weighted by Gasteiger charge is -2.17. The van der Waals surface area contributed by atoms with E-state index in [1.165, 1.54) is 23.2 Å². The van der Waals surface area contributed by atoms with Gasteiger partial charge in [-0.25, -0.2) is 8.76 Å². The standard InChI is InChI=1S/C19H17FN4O2S/c1-24(9-6-15-4-2-3-7-21-15)19(26)13-10-14(20)12-16(11-13)23-18(25)17-5-8-22-27-17/h2-5,7-8,10-12H,6,9H2,1H3,(H,23,25). The molecular weight excluding hydrogens is 367 g/mol. The first-order chi connectivity index (χ1) is 13.0. The first-order valence-corrected chi connectivity index (χ1v) is 8.98. The predicted octanol–water partition coefficient (Wildman–Crippen LogP) is 3.24. The lowest BCUT2D eigenvalue weighted by Crippen LogP contribution is -2.29. The molecule has 0 radical (unpaired) electrons. The molecule has 3 aromatic rings. The SMILES string of the molecule is CN(CCc1ccccn1)C(=O)c1cc(F)cc(NC(=O)c2ccns2)c1. The largest absolute Gasteiger partial charge is 0.341 e. The summed E-state index contributed by atoms with van der Waals surface area (Å²) in [6.07, 6.45) is 3.80. The van der Waals surface area contributed by atoms with Gasteiger partial charge >= 0.3 is 0 Å². The second-order valence-electron chi connectivity index (χ2n) is 5.86. The molecule has 0 saturated carbocycles. The monoisotopic (exact) mass is 384 g/mol. The molecule has 138 valence electrons. The molecule has 2 aromatic heterocycles. The fourth-order valence-corrected chi connectivity index (χ4v) is 2.95. The molecule has 2 heterocycles. The van der Waals surface area contributed by atoms with Crippen molar-refractivity contribution in [3.63, 3.8) is 0 Å². The van der Waals surface area contributed by atoms with Gasteiger partial charge in [-0.2, -0.15) is 0 Å². The quantitative estimate of drug-likeness (QED) is 0.708. The van der Waals surface area contributed by atoms with Gasteiger partial charge in [-0.3, -0.25) is 14.6 Å². The maximum Gasteiger partial charge on any atom is 0.267 e. The van der Waals surface area contributed by atoms with Gasteiger partial charge in [0.05, 0.1) is 0 Å². The number of rotatable bonds is 6. The average Bonchev–Trinajstić information content (AvgIpc) is 3.21. The molecule has 1 aromatic carbocycles. The molecule has 8 heteroatoms. The highest BCUT2D eigenvalue weighted by Gasteiger charge is 2.15. The highest BCUT2D eigenvalue weighted by Crippen LogP contribution is 2.17. The fourth-order valence-electron chi connectivity index (χ4n) is 2.46. The molecule has 0 aliphatic carbocycles. The fraction of sp³-hybridized carbons (Fsp3) is 0.158. The van der Waals surface area contributed by atoms with E-state index >= 15 is 0 Å². The molecule has 2 amide bonds. The van der Waals surface area contributed by atoms with Crippen molar-refractivity contribution < 1.29 is 14.0 Å². The van der Waals surface area contributed by atoms with Crippen LogP contribution in [0.2, 0.25) is 0 Å². The summed E-state index contributed by atoms with van der Waals surface area (Å²) >= 11 is 1.04. The zero-order valence-corrected chi connectivity index (χ0v) is 15.4. The number of likely N-dealkylation sites (N-methyl/N-ethyl adjacent to an activating group) is 1. The van der Waals surface area contributed by atoms with E-state index in [1.54, 1.807) is 19.3 Å². The van der Waals surface area contributed by atoms with Crippen molar-refractivity contribution in [1.29, 1.82) is 0 Å². The Morgan fingerprint density at radius 3 is 2.74 bits per heavy atom. The van der Waals surface area contributed by atoms with Crippen molar-refractivity contribution in [2.24, 2.45) is 0 Å². The molecule has 1 N–H and O–H groups in total. The number of amides is 2. The van der Waals surface area contributed by atoms with E-state index in [0.717, 1.165) is 23.3 Å². The van der Waals surface area contributed by atoms with Crippen LogP contribution in [0.1, 0.15) is 25.7 Å². The second kappa shape index (κ2) is 8.50. The summed E-state index contributed by atoms with van der Waals surface area (Å²) in [6, 6.07) is 10.9. The molecule has 3 rings (SSSR count). The van der Waals surface area contributed by atoms with Crippen LogP contribution in [-0.4, -0.2) is 39.7 Å². The van der Waals surface area contributed by atoms with Crippen LogP contribution < -0.4 is 5.32 Å². The van der Waals surface area contributed by atoms with Crippen molar-refractivity contribution in [1.82, 2.24) is 14.3 Å². The number of nitrogens with one attached hydrogen (secondary N) is 1. The van der Waals surface area contributed by atoms with Gasteiger partial charge < -0.3 is 10.2 Å². The molecule has 0 aliphatic heterocycles. The van der Waals surface area contributed by atoms with E-state index < -0.39 is 11.7 Å². The summed E-state index contributed by atoms with van der Waals surface area (Å²) in [4.78, 5) is 30.8. The van der Waals surface area contributed by atoms with Crippen LogP contribution >= 0.6 is 11.5 Å². The molecule has 6 nitrogen and oxygen atoms in total. The minimum Gasteiger partial charge on any atom is -0.341 e. The van der Waals surface area contributed by atoms with Gasteiger partial charge in [-0.1, -0.05) is 6.07 Å². The molecule has 0 fully saturated rings. The molecule has 0 bridgehead atoms. The van der Waals surface area contributed by atoms with E-state index in [2.05, 4.69) is 14.7 Å². The maximum atomic E-state index is 14.0. The number of nitrogens with zero attached hydrogens (tertiary/aromatic N) is 3. The molecule has 0 aliphatic rings. The Morgan fingerprint density at radius 1 is 1.19 bits per heavy atom. The predicted molar refractivity (Wildman–Crippen MR) is 101 cm³/mol. The Hall–Kier alpha value is -3.13. The zero-order valence-electron chi connectivity index (χ0n) is 14.6. The Balaban J connectivity index is 1.68. The van der Waals surface area contributed by atoms with Crippen LogP contribution in [0.15, 0.2) is 54.9 Å². The van der Waals surface area contributed by atoms with E-state index in [4.69, 9.17) is 0 Å². The molecule has 0 atom stereocenters. The summed E-state index contributed by atoms with van der Waals surface area (Å²) in [7, 11) is 1.64. The van der Waals surface area contributed by atoms with Crippen molar-refractivity contribution in [3.05, 3.63) is 76.8 Å². The van der Waals surface area contributed by atoms with Crippen molar-refractivity contribution in [2.45, 2.75) is 6.42 Å². The lowest BCUT2D eigenvalue weighted by atomic mass is 10.1. The minimum absolute atomic E-state index is 0.165. The molecule has 0 unspecified atom stereocenters. The van der Waals surface area contributed by atoms with E-state index in [9.17, 15) is 14.0 Å². The number of anilines is 1. The average molecular weight is 384 g/mol. The number of carbonyl (C=O) groups excluding carboxylic acids is 2. The van der Waals surface area contributed by atoms with Gasteiger partial charge in [-0.05, 0) is 47.9 Å². The van der Waals surface area contributed by atoms with Gasteiger partial charge in [0.2, 0.25) is 0 Å². The summed E-state index contributed by atoms with van der Waals surface area (Å²) in [6.45, 7) is 0.439. The van der Waals surface area contributed by atoms with Gasteiger partial charge in [-0.15, -0.1) is 0 Å². The third-order valence-electron chi connectivity index (χ3n) is 3.84. The number of pyridine rings is 1. The van der Waals surface area contributed by atoms with Crippen LogP contribution in [0, 0.1) is 5.82 Å². The number of hydrogen-bond donors (Lipinski definition) is 1. The van der Waals surface area contributed by atoms with E-state index in [-0.39, 0.29) is 17.2 Å². The first-order valence-electron chi connectivity index (χ1n) is 8.21. The van der Waals surface area contributed by atoms with Crippen molar-refractivity contribution in [2.75, 3.05) is 18.9 Å². The normalized spacial score (nSPS) is 10.4. The van der Waals surface area contributed by atoms with Crippen LogP contribution in [0.4, 0.5) is 10.1 Å². The highest BCUT2D eigenvalue weighted by molar-refractivity contribution is 7.08. The second-order valence-corrected chi connectivity index (χ2v) is 6.69. The number of benzene rings is 1. The highest BCUT2D eigenvalue weighted by atomic mass is 32.1. The van der Waals surface area contributed by atoms with Gasteiger partial charge in [0, 0.05) is 49.4 Å².